The fourth-order valence-electron chi connectivity index (χ4n) is 3.46. The Balaban J connectivity index is 1.92. The molecule has 2 aromatic heterocycles. The largest absolute Gasteiger partial charge is 0.516 e. The number of carbonyl (C=O) groups is 1. The van der Waals surface area contributed by atoms with Crippen molar-refractivity contribution in [1.29, 1.82) is 5.26 Å². The molecule has 0 spiro atoms. The van der Waals surface area contributed by atoms with Crippen molar-refractivity contribution in [2.24, 2.45) is 0 Å². The molecule has 0 fully saturated rings. The van der Waals surface area contributed by atoms with Crippen molar-refractivity contribution in [3.63, 3.8) is 0 Å². The molecule has 2 heterocycles. The van der Waals surface area contributed by atoms with Crippen molar-refractivity contribution in [1.82, 2.24) is 19.5 Å². The molecule has 9 heteroatoms. The number of fused-ring (bicyclic) bond motifs is 1. The quantitative estimate of drug-likeness (QED) is 0.357. The van der Waals surface area contributed by atoms with Crippen LogP contribution in [0.25, 0.3) is 28.2 Å². The summed E-state index contributed by atoms with van der Waals surface area (Å²) in [5.41, 5.74) is 2.11. The van der Waals surface area contributed by atoms with Gasteiger partial charge in [-0.15, -0.1) is 0 Å². The van der Waals surface area contributed by atoms with E-state index in [1.165, 1.54) is 0 Å². The van der Waals surface area contributed by atoms with E-state index < -0.39 is 11.8 Å². The van der Waals surface area contributed by atoms with Crippen molar-refractivity contribution >= 4 is 17.3 Å². The number of para-hydroxylation sites is 1. The van der Waals surface area contributed by atoms with Crippen molar-refractivity contribution in [3.8, 4) is 34.9 Å². The molecule has 0 aliphatic heterocycles. The first-order chi connectivity index (χ1) is 16.7. The topological polar surface area (TPSA) is 112 Å². The predicted octanol–water partition coefficient (Wildman–Crippen LogP) is 5.38. The zero-order valence-electron chi connectivity index (χ0n) is 20.2. The first-order valence-electron chi connectivity index (χ1n) is 11.1. The van der Waals surface area contributed by atoms with Gasteiger partial charge in [0.15, 0.2) is 17.2 Å². The number of nitriles is 1. The van der Waals surface area contributed by atoms with Gasteiger partial charge in [0.1, 0.15) is 22.9 Å². The van der Waals surface area contributed by atoms with Gasteiger partial charge in [0.2, 0.25) is 0 Å². The zero-order chi connectivity index (χ0) is 25.2. The van der Waals surface area contributed by atoms with Gasteiger partial charge in [-0.3, -0.25) is 0 Å². The summed E-state index contributed by atoms with van der Waals surface area (Å²) in [6, 6.07) is 16.8. The van der Waals surface area contributed by atoms with E-state index in [0.717, 1.165) is 11.3 Å². The molecule has 2 aromatic carbocycles. The van der Waals surface area contributed by atoms with Crippen LogP contribution >= 0.6 is 0 Å². The maximum Gasteiger partial charge on any atom is 0.516 e. The van der Waals surface area contributed by atoms with Crippen LogP contribution in [0.5, 0.6) is 11.8 Å². The van der Waals surface area contributed by atoms with Gasteiger partial charge in [-0.2, -0.15) is 10.2 Å². The van der Waals surface area contributed by atoms with Crippen LogP contribution in [0.2, 0.25) is 0 Å². The third-order valence-corrected chi connectivity index (χ3v) is 4.93. The van der Waals surface area contributed by atoms with Crippen LogP contribution in [0.1, 0.15) is 39.0 Å². The lowest BCUT2D eigenvalue weighted by atomic mass is 10.2. The highest BCUT2D eigenvalue weighted by atomic mass is 16.7. The van der Waals surface area contributed by atoms with E-state index >= 15 is 0 Å². The van der Waals surface area contributed by atoms with Crippen LogP contribution in [0.3, 0.4) is 0 Å². The Morgan fingerprint density at radius 2 is 1.77 bits per heavy atom. The van der Waals surface area contributed by atoms with E-state index in [9.17, 15) is 10.1 Å². The highest BCUT2D eigenvalue weighted by molar-refractivity contribution is 5.83. The smallest absolute Gasteiger partial charge is 0.494 e. The Bertz CT molecular complexity index is 1430. The summed E-state index contributed by atoms with van der Waals surface area (Å²) in [6.07, 6.45) is -0.916. The maximum absolute atomic E-state index is 12.5. The van der Waals surface area contributed by atoms with Gasteiger partial charge in [0.25, 0.3) is 0 Å². The molecular formula is C26H25N5O4. The average Bonchev–Trinajstić information content (AvgIpc) is 3.15. The van der Waals surface area contributed by atoms with Crippen molar-refractivity contribution in [2.75, 3.05) is 6.61 Å². The van der Waals surface area contributed by atoms with E-state index in [1.807, 2.05) is 62.4 Å². The zero-order valence-corrected chi connectivity index (χ0v) is 20.2. The Kier molecular flexibility index (Phi) is 6.38. The van der Waals surface area contributed by atoms with Crippen LogP contribution in [0, 0.1) is 18.3 Å². The summed E-state index contributed by atoms with van der Waals surface area (Å²) in [5.74, 6) is 1.05. The lowest BCUT2D eigenvalue weighted by Crippen LogP contribution is -2.26. The summed E-state index contributed by atoms with van der Waals surface area (Å²) in [4.78, 5) is 26.0. The number of hydrogen-bond donors (Lipinski definition) is 0. The number of ether oxygens (including phenoxy) is 3. The van der Waals surface area contributed by atoms with Crippen LogP contribution in [0.15, 0.2) is 48.5 Å². The molecule has 0 atom stereocenters. The Labute approximate surface area is 202 Å². The van der Waals surface area contributed by atoms with Crippen LogP contribution in [0.4, 0.5) is 4.79 Å². The molecule has 0 amide bonds. The predicted molar refractivity (Wildman–Crippen MR) is 130 cm³/mol. The SMILES string of the molecule is CCOc1ccc(-c2nc(C#N)c3nc(OC(=O)OC(C)(C)C)n(-c4ccccc4C)c3n2)cc1. The van der Waals surface area contributed by atoms with Crippen LogP contribution in [-0.2, 0) is 4.74 Å². The number of aryl methyl sites for hydroxylation is 1. The molecule has 0 saturated carbocycles. The molecule has 35 heavy (non-hydrogen) atoms. The van der Waals surface area contributed by atoms with Gasteiger partial charge < -0.3 is 14.2 Å². The van der Waals surface area contributed by atoms with Crippen molar-refractivity contribution < 1.29 is 19.0 Å². The van der Waals surface area contributed by atoms with Gasteiger partial charge in [-0.1, -0.05) is 18.2 Å². The highest BCUT2D eigenvalue weighted by Crippen LogP contribution is 2.31. The highest BCUT2D eigenvalue weighted by Gasteiger charge is 2.25. The van der Waals surface area contributed by atoms with Crippen molar-refractivity contribution in [3.05, 3.63) is 59.8 Å². The first-order valence-corrected chi connectivity index (χ1v) is 11.1. The summed E-state index contributed by atoms with van der Waals surface area (Å²) < 4.78 is 17.9. The number of aromatic nitrogens is 4. The second kappa shape index (κ2) is 9.43. The van der Waals surface area contributed by atoms with E-state index in [1.54, 1.807) is 25.3 Å². The molecule has 0 saturated heterocycles. The lowest BCUT2D eigenvalue weighted by molar-refractivity contribution is 0.0185. The van der Waals surface area contributed by atoms with Gasteiger partial charge in [0.05, 0.1) is 12.3 Å². The number of rotatable bonds is 5. The van der Waals surface area contributed by atoms with Crippen LogP contribution < -0.4 is 9.47 Å². The molecule has 9 nitrogen and oxygen atoms in total. The lowest BCUT2D eigenvalue weighted by Gasteiger charge is -2.18. The molecule has 0 aliphatic rings. The Morgan fingerprint density at radius 3 is 2.40 bits per heavy atom. The number of imidazole rings is 1. The standard InChI is InChI=1S/C26H25N5O4/c1-6-33-18-13-11-17(12-14-18)22-28-19(15-27)21-23(30-22)31(20-10-8-7-9-16(20)2)24(29-21)34-25(32)35-26(3,4)5/h7-14H,6H2,1-5H3. The summed E-state index contributed by atoms with van der Waals surface area (Å²) in [7, 11) is 0. The van der Waals surface area contributed by atoms with Gasteiger partial charge in [-0.05, 0) is 70.5 Å². The number of nitrogens with zero attached hydrogens (tertiary/aromatic N) is 5. The van der Waals surface area contributed by atoms with E-state index in [4.69, 9.17) is 19.2 Å². The third kappa shape index (κ3) is 5.06. The minimum absolute atomic E-state index is 0.0558. The second-order valence-corrected chi connectivity index (χ2v) is 8.72. The average molecular weight is 472 g/mol. The van der Waals surface area contributed by atoms with Gasteiger partial charge >= 0.3 is 12.2 Å². The van der Waals surface area contributed by atoms with Gasteiger partial charge in [0, 0.05) is 5.56 Å². The third-order valence-electron chi connectivity index (χ3n) is 4.93. The number of carbonyl (C=O) groups excluding carboxylic acids is 1. The molecule has 0 bridgehead atoms. The monoisotopic (exact) mass is 471 g/mol. The molecule has 0 aliphatic carbocycles. The Hall–Kier alpha value is -4.45. The minimum atomic E-state index is -0.916. The molecule has 178 valence electrons. The normalized spacial score (nSPS) is 11.2. The molecular weight excluding hydrogens is 446 g/mol. The fourth-order valence-corrected chi connectivity index (χ4v) is 3.46. The van der Waals surface area contributed by atoms with E-state index in [0.29, 0.717) is 29.3 Å². The molecule has 4 rings (SSSR count). The number of benzene rings is 2. The second-order valence-electron chi connectivity index (χ2n) is 8.72. The van der Waals surface area contributed by atoms with Crippen LogP contribution in [-0.4, -0.2) is 37.9 Å². The summed E-state index contributed by atoms with van der Waals surface area (Å²) in [5, 5.41) is 9.84. The van der Waals surface area contributed by atoms with E-state index in [2.05, 4.69) is 16.0 Å². The summed E-state index contributed by atoms with van der Waals surface area (Å²) >= 11 is 0. The fraction of sp³-hybridized carbons (Fsp3) is 0.269. The summed E-state index contributed by atoms with van der Waals surface area (Å²) in [6.45, 7) is 9.59. The molecule has 0 unspecified atom stereocenters. The van der Waals surface area contributed by atoms with E-state index in [-0.39, 0.29) is 17.2 Å². The van der Waals surface area contributed by atoms with Gasteiger partial charge in [-0.25, -0.2) is 19.3 Å². The molecule has 0 radical (unpaired) electrons. The number of hydrogen-bond acceptors (Lipinski definition) is 8. The first kappa shape index (κ1) is 23.7. The maximum atomic E-state index is 12.5. The molecule has 4 aromatic rings. The Morgan fingerprint density at radius 1 is 1.06 bits per heavy atom. The minimum Gasteiger partial charge on any atom is -0.494 e. The van der Waals surface area contributed by atoms with Crippen molar-refractivity contribution in [2.45, 2.75) is 40.2 Å². The molecule has 0 N–H and O–H groups in total.